The lowest BCUT2D eigenvalue weighted by molar-refractivity contribution is 0.102. The molecule has 0 fully saturated rings. The number of nitrogens with one attached hydrogen (secondary N) is 1. The van der Waals surface area contributed by atoms with Gasteiger partial charge in [-0.3, -0.25) is 4.79 Å². The van der Waals surface area contributed by atoms with Gasteiger partial charge in [-0.25, -0.2) is 4.39 Å². The van der Waals surface area contributed by atoms with Crippen molar-refractivity contribution >= 4 is 17.3 Å². The predicted octanol–water partition coefficient (Wildman–Crippen LogP) is 2.67. The van der Waals surface area contributed by atoms with Gasteiger partial charge in [0.25, 0.3) is 5.91 Å². The molecule has 0 unspecified atom stereocenters. The summed E-state index contributed by atoms with van der Waals surface area (Å²) in [5.74, 6) is -0.965. The number of hydrogen-bond acceptors (Lipinski definition) is 3. The van der Waals surface area contributed by atoms with E-state index in [1.54, 1.807) is 19.1 Å². The minimum absolute atomic E-state index is 0.0607. The van der Waals surface area contributed by atoms with Gasteiger partial charge in [0.1, 0.15) is 11.6 Å². The molecule has 4 N–H and O–H groups in total. The van der Waals surface area contributed by atoms with Crippen LogP contribution in [-0.4, -0.2) is 11.0 Å². The van der Waals surface area contributed by atoms with Gasteiger partial charge in [-0.1, -0.05) is 6.07 Å². The summed E-state index contributed by atoms with van der Waals surface area (Å²) in [6, 6.07) is 8.46. The molecule has 0 saturated heterocycles. The normalized spacial score (nSPS) is 10.2. The lowest BCUT2D eigenvalue weighted by Crippen LogP contribution is -2.14. The molecule has 5 heteroatoms. The lowest BCUT2D eigenvalue weighted by Gasteiger charge is -2.08. The zero-order valence-electron chi connectivity index (χ0n) is 10.3. The van der Waals surface area contributed by atoms with Crippen LogP contribution in [0, 0.1) is 12.7 Å². The molecule has 0 radical (unpaired) electrons. The molecule has 2 rings (SSSR count). The zero-order chi connectivity index (χ0) is 14.0. The fraction of sp³-hybridized carbons (Fsp3) is 0.0714. The van der Waals surface area contributed by atoms with Crippen LogP contribution in [0.25, 0.3) is 0 Å². The summed E-state index contributed by atoms with van der Waals surface area (Å²) in [7, 11) is 0. The highest BCUT2D eigenvalue weighted by atomic mass is 19.1. The minimum atomic E-state index is -0.503. The van der Waals surface area contributed by atoms with E-state index in [9.17, 15) is 14.3 Å². The Bertz CT molecular complexity index is 641. The van der Waals surface area contributed by atoms with Gasteiger partial charge in [-0.2, -0.15) is 0 Å². The molecule has 0 saturated carbocycles. The molecule has 98 valence electrons. The van der Waals surface area contributed by atoms with Gasteiger partial charge in [0, 0.05) is 11.4 Å². The Morgan fingerprint density at radius 3 is 2.68 bits per heavy atom. The topological polar surface area (TPSA) is 75.3 Å². The maximum atomic E-state index is 13.4. The molecule has 0 aliphatic carbocycles. The Morgan fingerprint density at radius 2 is 2.00 bits per heavy atom. The summed E-state index contributed by atoms with van der Waals surface area (Å²) < 4.78 is 13.4. The summed E-state index contributed by atoms with van der Waals surface area (Å²) in [6.45, 7) is 1.63. The number of halogens is 1. The fourth-order valence-electron chi connectivity index (χ4n) is 1.61. The summed E-state index contributed by atoms with van der Waals surface area (Å²) >= 11 is 0. The van der Waals surface area contributed by atoms with E-state index in [0.717, 1.165) is 0 Å². The Labute approximate surface area is 109 Å². The maximum Gasteiger partial charge on any atom is 0.257 e. The Morgan fingerprint density at radius 1 is 1.26 bits per heavy atom. The first-order chi connectivity index (χ1) is 8.97. The molecule has 19 heavy (non-hydrogen) atoms. The van der Waals surface area contributed by atoms with Crippen LogP contribution in [0.1, 0.15) is 15.9 Å². The average Bonchev–Trinajstić information content (AvgIpc) is 2.36. The van der Waals surface area contributed by atoms with Gasteiger partial charge >= 0.3 is 0 Å². The summed E-state index contributed by atoms with van der Waals surface area (Å²) in [4.78, 5) is 12.0. The highest BCUT2D eigenvalue weighted by Crippen LogP contribution is 2.20. The molecule has 0 aliphatic heterocycles. The molecule has 1 amide bonds. The standard InChI is InChI=1S/C14H13FN2O2/c1-8-2-3-9(6-12(8)15)17-14(19)11-7-10(18)4-5-13(11)16/h2-7,18H,16H2,1H3,(H,17,19). The Kier molecular flexibility index (Phi) is 3.37. The molecule has 2 aromatic carbocycles. The van der Waals surface area contributed by atoms with Crippen LogP contribution < -0.4 is 11.1 Å². The second-order valence-electron chi connectivity index (χ2n) is 4.19. The van der Waals surface area contributed by atoms with Gasteiger partial charge in [0.05, 0.1) is 5.56 Å². The maximum absolute atomic E-state index is 13.4. The number of benzene rings is 2. The third-order valence-corrected chi connectivity index (χ3v) is 2.71. The van der Waals surface area contributed by atoms with E-state index >= 15 is 0 Å². The first kappa shape index (κ1) is 12.9. The third kappa shape index (κ3) is 2.82. The number of hydrogen-bond donors (Lipinski definition) is 3. The van der Waals surface area contributed by atoms with Gasteiger partial charge in [0.15, 0.2) is 0 Å². The number of anilines is 2. The first-order valence-corrected chi connectivity index (χ1v) is 5.63. The van der Waals surface area contributed by atoms with Crippen molar-refractivity contribution in [3.8, 4) is 5.75 Å². The highest BCUT2D eigenvalue weighted by molar-refractivity contribution is 6.08. The predicted molar refractivity (Wildman–Crippen MR) is 71.6 cm³/mol. The van der Waals surface area contributed by atoms with Crippen LogP contribution in [0.4, 0.5) is 15.8 Å². The highest BCUT2D eigenvalue weighted by Gasteiger charge is 2.11. The smallest absolute Gasteiger partial charge is 0.257 e. The van der Waals surface area contributed by atoms with Crippen molar-refractivity contribution in [2.45, 2.75) is 6.92 Å². The van der Waals surface area contributed by atoms with Gasteiger partial charge in [-0.05, 0) is 42.8 Å². The van der Waals surface area contributed by atoms with E-state index < -0.39 is 11.7 Å². The molecule has 2 aromatic rings. The van der Waals surface area contributed by atoms with Crippen molar-refractivity contribution < 1.29 is 14.3 Å². The van der Waals surface area contributed by atoms with Crippen molar-refractivity contribution in [1.29, 1.82) is 0 Å². The SMILES string of the molecule is Cc1ccc(NC(=O)c2cc(O)ccc2N)cc1F. The number of phenols is 1. The van der Waals surface area contributed by atoms with Crippen molar-refractivity contribution in [3.05, 3.63) is 53.3 Å². The minimum Gasteiger partial charge on any atom is -0.508 e. The van der Waals surface area contributed by atoms with E-state index in [-0.39, 0.29) is 17.0 Å². The van der Waals surface area contributed by atoms with Gasteiger partial charge in [-0.15, -0.1) is 0 Å². The fourth-order valence-corrected chi connectivity index (χ4v) is 1.61. The van der Waals surface area contributed by atoms with Crippen LogP contribution >= 0.6 is 0 Å². The molecule has 0 spiro atoms. The van der Waals surface area contributed by atoms with Crippen LogP contribution in [0.2, 0.25) is 0 Å². The number of aryl methyl sites for hydroxylation is 1. The van der Waals surface area contributed by atoms with Crippen LogP contribution in [0.15, 0.2) is 36.4 Å². The monoisotopic (exact) mass is 260 g/mol. The van der Waals surface area contributed by atoms with Crippen LogP contribution in [0.3, 0.4) is 0 Å². The zero-order valence-corrected chi connectivity index (χ0v) is 10.3. The number of amides is 1. The van der Waals surface area contributed by atoms with Crippen molar-refractivity contribution in [3.63, 3.8) is 0 Å². The van der Waals surface area contributed by atoms with E-state index in [1.165, 1.54) is 24.3 Å². The largest absolute Gasteiger partial charge is 0.508 e. The second-order valence-corrected chi connectivity index (χ2v) is 4.19. The summed E-state index contributed by atoms with van der Waals surface area (Å²) in [5, 5.41) is 11.9. The summed E-state index contributed by atoms with van der Waals surface area (Å²) in [6.07, 6.45) is 0. The van der Waals surface area contributed by atoms with Crippen molar-refractivity contribution in [2.24, 2.45) is 0 Å². The van der Waals surface area contributed by atoms with Gasteiger partial charge in [0.2, 0.25) is 0 Å². The molecule has 4 nitrogen and oxygen atoms in total. The molecular formula is C14H13FN2O2. The van der Waals surface area contributed by atoms with E-state index in [1.807, 2.05) is 0 Å². The van der Waals surface area contributed by atoms with Crippen molar-refractivity contribution in [1.82, 2.24) is 0 Å². The molecule has 0 aliphatic rings. The van der Waals surface area contributed by atoms with E-state index in [2.05, 4.69) is 5.32 Å². The van der Waals surface area contributed by atoms with E-state index in [4.69, 9.17) is 5.73 Å². The lowest BCUT2D eigenvalue weighted by atomic mass is 10.1. The first-order valence-electron chi connectivity index (χ1n) is 5.63. The molecule has 0 atom stereocenters. The van der Waals surface area contributed by atoms with Crippen molar-refractivity contribution in [2.75, 3.05) is 11.1 Å². The number of phenolic OH excluding ortho intramolecular Hbond substituents is 1. The van der Waals surface area contributed by atoms with Crippen LogP contribution in [0.5, 0.6) is 5.75 Å². The molecular weight excluding hydrogens is 247 g/mol. The number of nitrogen functional groups attached to an aromatic ring is 1. The Hall–Kier alpha value is -2.56. The second kappa shape index (κ2) is 4.97. The number of nitrogens with two attached hydrogens (primary N) is 1. The number of aromatic hydroxyl groups is 1. The van der Waals surface area contributed by atoms with Gasteiger partial charge < -0.3 is 16.2 Å². The Balaban J connectivity index is 2.25. The quantitative estimate of drug-likeness (QED) is 0.574. The van der Waals surface area contributed by atoms with E-state index in [0.29, 0.717) is 11.3 Å². The number of carbonyl (C=O) groups is 1. The summed E-state index contributed by atoms with van der Waals surface area (Å²) in [5.41, 5.74) is 6.86. The third-order valence-electron chi connectivity index (χ3n) is 2.71. The molecule has 0 bridgehead atoms. The molecule has 0 aromatic heterocycles. The average molecular weight is 260 g/mol. The number of carbonyl (C=O) groups excluding carboxylic acids is 1. The number of rotatable bonds is 2. The molecule has 0 heterocycles. The van der Waals surface area contributed by atoms with Crippen LogP contribution in [-0.2, 0) is 0 Å².